The lowest BCUT2D eigenvalue weighted by molar-refractivity contribution is 0.0695. The smallest absolute Gasteiger partial charge is 0.257 e. The third-order valence-corrected chi connectivity index (χ3v) is 8.09. The number of halogens is 2. The summed E-state index contributed by atoms with van der Waals surface area (Å²) in [6.45, 7) is 8.18. The lowest BCUT2D eigenvalue weighted by Gasteiger charge is -2.33. The molecule has 1 saturated heterocycles. The Labute approximate surface area is 267 Å². The minimum absolute atomic E-state index is 0.00358. The molecular weight excluding hydrogens is 604 g/mol. The Kier molecular flexibility index (Phi) is 7.67. The number of nitrogens with one attached hydrogen (secondary N) is 1. The van der Waals surface area contributed by atoms with E-state index in [4.69, 9.17) is 16.7 Å². The number of anilines is 1. The molecule has 0 aliphatic carbocycles. The van der Waals surface area contributed by atoms with E-state index in [1.165, 1.54) is 28.9 Å². The van der Waals surface area contributed by atoms with E-state index in [0.29, 0.717) is 65.5 Å². The minimum Gasteiger partial charge on any atom is -0.338 e. The van der Waals surface area contributed by atoms with Crippen LogP contribution >= 0.6 is 0 Å². The fourth-order valence-corrected chi connectivity index (χ4v) is 5.72. The summed E-state index contributed by atoms with van der Waals surface area (Å²) in [5.41, 5.74) is 4.19. The molecule has 4 aromatic heterocycles. The molecule has 47 heavy (non-hydrogen) atoms. The molecule has 0 unspecified atom stereocenters. The molecule has 1 aliphatic heterocycles. The fraction of sp³-hybridized carbons (Fsp3) is 0.147. The Bertz CT molecular complexity index is 2160. The predicted octanol–water partition coefficient (Wildman–Crippen LogP) is 6.21. The number of likely N-dealkylation sites (tertiary alicyclic amines) is 1. The second-order valence-corrected chi connectivity index (χ2v) is 11.0. The number of rotatable bonds is 6. The quantitative estimate of drug-likeness (QED) is 0.173. The second kappa shape index (κ2) is 12.2. The van der Waals surface area contributed by atoms with Crippen LogP contribution in [0.1, 0.15) is 39.6 Å². The summed E-state index contributed by atoms with van der Waals surface area (Å²) in [5, 5.41) is 7.46. The number of aromatic nitrogens is 6. The van der Waals surface area contributed by atoms with Gasteiger partial charge in [-0.1, -0.05) is 24.3 Å². The van der Waals surface area contributed by atoms with E-state index in [2.05, 4.69) is 24.7 Å². The van der Waals surface area contributed by atoms with Crippen LogP contribution in [-0.2, 0) is 0 Å². The van der Waals surface area contributed by atoms with Gasteiger partial charge in [-0.05, 0) is 55.3 Å². The molecule has 2 amide bonds. The van der Waals surface area contributed by atoms with Crippen molar-refractivity contribution in [3.63, 3.8) is 0 Å². The molecule has 0 radical (unpaired) electrons. The first-order valence-corrected chi connectivity index (χ1v) is 14.8. The Morgan fingerprint density at radius 3 is 2.40 bits per heavy atom. The Hall–Kier alpha value is -6.29. The van der Waals surface area contributed by atoms with Crippen LogP contribution in [0.15, 0.2) is 91.5 Å². The van der Waals surface area contributed by atoms with Gasteiger partial charge < -0.3 is 14.8 Å². The number of imidazole rings is 2. The molecule has 1 aliphatic rings. The molecule has 13 heteroatoms. The van der Waals surface area contributed by atoms with Crippen molar-refractivity contribution in [2.75, 3.05) is 18.4 Å². The highest BCUT2D eigenvalue weighted by molar-refractivity contribution is 6.03. The number of benzene rings is 2. The Balaban J connectivity index is 1.18. The molecule has 232 valence electrons. The number of piperidine rings is 1. The van der Waals surface area contributed by atoms with Gasteiger partial charge >= 0.3 is 0 Å². The lowest BCUT2D eigenvalue weighted by atomic mass is 10.0. The van der Waals surface area contributed by atoms with Crippen LogP contribution in [0.3, 0.4) is 0 Å². The number of fused-ring (bicyclic) bond motifs is 1. The summed E-state index contributed by atoms with van der Waals surface area (Å²) in [4.78, 5) is 43.7. The number of carbonyl (C=O) groups excluding carboxylic acids is 2. The average Bonchev–Trinajstić information content (AvgIpc) is 3.72. The van der Waals surface area contributed by atoms with Gasteiger partial charge in [-0.25, -0.2) is 28.7 Å². The van der Waals surface area contributed by atoms with E-state index in [1.807, 2.05) is 4.90 Å². The normalized spacial score (nSPS) is 13.4. The number of carbonyl (C=O) groups is 2. The maximum absolute atomic E-state index is 13.8. The number of nitrogens with zero attached hydrogens (tertiary/aromatic N) is 8. The van der Waals surface area contributed by atoms with Crippen LogP contribution in [0.5, 0.6) is 0 Å². The highest BCUT2D eigenvalue weighted by Gasteiger charge is 2.28. The molecule has 6 aromatic rings. The maximum Gasteiger partial charge on any atom is 0.257 e. The highest BCUT2D eigenvalue weighted by atomic mass is 19.1. The SMILES string of the molecule is [C-]#[N+]c1ccc(C(=O)N2CCC(n3cnc(-c4ccc(F)cc4)c3-c3ccc4nc(NC(=O)c5ccnc(F)c5)cn4n3)CC2)cc1. The monoisotopic (exact) mass is 629 g/mol. The van der Waals surface area contributed by atoms with Gasteiger partial charge in [0.25, 0.3) is 11.8 Å². The zero-order chi connectivity index (χ0) is 32.5. The summed E-state index contributed by atoms with van der Waals surface area (Å²) in [5.74, 6) is -1.53. The molecule has 1 N–H and O–H groups in total. The van der Waals surface area contributed by atoms with E-state index in [-0.39, 0.29) is 29.1 Å². The van der Waals surface area contributed by atoms with E-state index < -0.39 is 11.9 Å². The van der Waals surface area contributed by atoms with Crippen LogP contribution in [0.4, 0.5) is 20.3 Å². The molecule has 7 rings (SSSR count). The van der Waals surface area contributed by atoms with Gasteiger partial charge in [0, 0.05) is 48.1 Å². The van der Waals surface area contributed by atoms with Gasteiger partial charge in [0.15, 0.2) is 17.2 Å². The van der Waals surface area contributed by atoms with Gasteiger partial charge in [0.2, 0.25) is 5.95 Å². The first-order chi connectivity index (χ1) is 22.9. The van der Waals surface area contributed by atoms with Crippen molar-refractivity contribution in [1.82, 2.24) is 34.0 Å². The summed E-state index contributed by atoms with van der Waals surface area (Å²) >= 11 is 0. The van der Waals surface area contributed by atoms with Gasteiger partial charge in [-0.3, -0.25) is 9.59 Å². The summed E-state index contributed by atoms with van der Waals surface area (Å²) in [7, 11) is 0. The third kappa shape index (κ3) is 5.91. The molecule has 1 fully saturated rings. The van der Waals surface area contributed by atoms with E-state index in [1.54, 1.807) is 61.1 Å². The van der Waals surface area contributed by atoms with Crippen molar-refractivity contribution in [3.05, 3.63) is 126 Å². The first-order valence-electron chi connectivity index (χ1n) is 14.8. The molecule has 0 spiro atoms. The molecule has 5 heterocycles. The van der Waals surface area contributed by atoms with Gasteiger partial charge in [-0.15, -0.1) is 0 Å². The highest BCUT2D eigenvalue weighted by Crippen LogP contribution is 2.36. The lowest BCUT2D eigenvalue weighted by Crippen LogP contribution is -2.39. The maximum atomic E-state index is 13.8. The zero-order valence-electron chi connectivity index (χ0n) is 24.7. The molecule has 0 saturated carbocycles. The van der Waals surface area contributed by atoms with Crippen molar-refractivity contribution >= 4 is 29.0 Å². The second-order valence-electron chi connectivity index (χ2n) is 11.0. The van der Waals surface area contributed by atoms with Crippen molar-refractivity contribution in [2.24, 2.45) is 0 Å². The number of hydrogen-bond donors (Lipinski definition) is 1. The van der Waals surface area contributed by atoms with Crippen molar-refractivity contribution in [3.8, 4) is 22.6 Å². The molecule has 11 nitrogen and oxygen atoms in total. The zero-order valence-corrected chi connectivity index (χ0v) is 24.7. The van der Waals surface area contributed by atoms with Gasteiger partial charge in [0.05, 0.1) is 30.5 Å². The minimum atomic E-state index is -0.767. The van der Waals surface area contributed by atoms with Crippen molar-refractivity contribution < 1.29 is 18.4 Å². The fourth-order valence-electron chi connectivity index (χ4n) is 5.72. The molecule has 0 bridgehead atoms. The Morgan fingerprint density at radius 2 is 1.68 bits per heavy atom. The largest absolute Gasteiger partial charge is 0.338 e. The third-order valence-electron chi connectivity index (χ3n) is 8.09. The summed E-state index contributed by atoms with van der Waals surface area (Å²) in [6, 6.07) is 18.7. The van der Waals surface area contributed by atoms with Gasteiger partial charge in [0.1, 0.15) is 11.5 Å². The molecule has 0 atom stereocenters. The van der Waals surface area contributed by atoms with Crippen molar-refractivity contribution in [1.29, 1.82) is 0 Å². The Morgan fingerprint density at radius 1 is 0.915 bits per heavy atom. The van der Waals surface area contributed by atoms with Crippen LogP contribution in [0.25, 0.3) is 33.1 Å². The van der Waals surface area contributed by atoms with Gasteiger partial charge in [-0.2, -0.15) is 9.49 Å². The van der Waals surface area contributed by atoms with E-state index in [9.17, 15) is 18.4 Å². The van der Waals surface area contributed by atoms with Crippen LogP contribution in [0.2, 0.25) is 0 Å². The van der Waals surface area contributed by atoms with Crippen LogP contribution in [-0.4, -0.2) is 58.9 Å². The van der Waals surface area contributed by atoms with E-state index >= 15 is 0 Å². The first kappa shape index (κ1) is 29.4. The summed E-state index contributed by atoms with van der Waals surface area (Å²) < 4.78 is 31.0. The average molecular weight is 630 g/mol. The molecule has 2 aromatic carbocycles. The summed E-state index contributed by atoms with van der Waals surface area (Å²) in [6.07, 6.45) is 5.84. The van der Waals surface area contributed by atoms with Crippen molar-refractivity contribution in [2.45, 2.75) is 18.9 Å². The topological polar surface area (TPSA) is 115 Å². The number of amides is 2. The standard InChI is InChI=1S/C34H25F2N9O2/c1-37-25-8-4-22(5-9-25)34(47)43-16-13-26(14-17-43)44-20-39-31(21-2-6-24(35)7-3-21)32(44)27-10-11-30-40-29(19-45(30)42-27)41-33(46)23-12-15-38-28(36)18-23/h2-12,15,18-20,26H,13-14,16-17H2,(H,41,46). The van der Waals surface area contributed by atoms with E-state index in [0.717, 1.165) is 6.07 Å². The van der Waals surface area contributed by atoms with Crippen LogP contribution in [0, 0.1) is 18.3 Å². The van der Waals surface area contributed by atoms with Crippen LogP contribution < -0.4 is 5.32 Å². The number of hydrogen-bond acceptors (Lipinski definition) is 6. The molecular formula is C34H25F2N9O2. The predicted molar refractivity (Wildman–Crippen MR) is 169 cm³/mol. The number of pyridine rings is 1.